The monoisotopic (exact) mass is 263 g/mol. The van der Waals surface area contributed by atoms with Crippen LogP contribution in [0, 0.1) is 13.8 Å². The van der Waals surface area contributed by atoms with Crippen LogP contribution in [-0.4, -0.2) is 4.98 Å². The molecule has 0 saturated carbocycles. The van der Waals surface area contributed by atoms with Crippen LogP contribution < -0.4 is 0 Å². The van der Waals surface area contributed by atoms with Crippen LogP contribution in [0.1, 0.15) is 11.1 Å². The number of hydrogen-bond acceptors (Lipinski definition) is 1. The van der Waals surface area contributed by atoms with Gasteiger partial charge in [0, 0.05) is 6.20 Å². The van der Waals surface area contributed by atoms with Gasteiger partial charge in [0.25, 0.3) is 0 Å². The van der Waals surface area contributed by atoms with Crippen molar-refractivity contribution in [3.8, 4) is 0 Å². The van der Waals surface area contributed by atoms with Crippen molar-refractivity contribution >= 4 is 31.9 Å². The molecule has 0 aliphatic rings. The van der Waals surface area contributed by atoms with Crippen molar-refractivity contribution in [1.29, 1.82) is 0 Å². The average molecular weight is 265 g/mol. The molecule has 0 amide bonds. The van der Waals surface area contributed by atoms with Gasteiger partial charge in [-0.05, 0) is 56.8 Å². The van der Waals surface area contributed by atoms with Gasteiger partial charge >= 0.3 is 0 Å². The van der Waals surface area contributed by atoms with E-state index in [2.05, 4.69) is 43.8 Å². The molecule has 0 bridgehead atoms. The number of aryl methyl sites for hydroxylation is 1. The number of hydrogen-bond donors (Lipinski definition) is 0. The van der Waals surface area contributed by atoms with Gasteiger partial charge in [0.05, 0.1) is 4.47 Å². The molecule has 10 heavy (non-hydrogen) atoms. The van der Waals surface area contributed by atoms with E-state index in [9.17, 15) is 0 Å². The number of aromatic nitrogens is 1. The molecule has 0 spiro atoms. The van der Waals surface area contributed by atoms with E-state index in [4.69, 9.17) is 0 Å². The third kappa shape index (κ3) is 1.40. The maximum Gasteiger partial charge on any atom is 0.120 e. The van der Waals surface area contributed by atoms with Crippen LogP contribution in [0.15, 0.2) is 15.3 Å². The Labute approximate surface area is 77.1 Å². The second-order valence-corrected chi connectivity index (χ2v) is 3.72. The van der Waals surface area contributed by atoms with Crippen LogP contribution in [0.5, 0.6) is 0 Å². The van der Waals surface area contributed by atoms with Gasteiger partial charge in [-0.1, -0.05) is 0 Å². The van der Waals surface area contributed by atoms with Gasteiger partial charge in [0.1, 0.15) is 4.60 Å². The van der Waals surface area contributed by atoms with E-state index in [1.54, 1.807) is 0 Å². The Hall–Kier alpha value is 0.110. The fourth-order valence-corrected chi connectivity index (χ4v) is 1.45. The Morgan fingerprint density at radius 3 is 2.40 bits per heavy atom. The van der Waals surface area contributed by atoms with Gasteiger partial charge in [-0.15, -0.1) is 0 Å². The molecular weight excluding hydrogens is 258 g/mol. The zero-order valence-electron chi connectivity index (χ0n) is 5.78. The lowest BCUT2D eigenvalue weighted by molar-refractivity contribution is 1.16. The molecule has 3 heteroatoms. The van der Waals surface area contributed by atoms with E-state index in [-0.39, 0.29) is 0 Å². The highest BCUT2D eigenvalue weighted by Crippen LogP contribution is 2.25. The normalized spacial score (nSPS) is 10.0. The topological polar surface area (TPSA) is 12.9 Å². The number of halogens is 2. The summed E-state index contributed by atoms with van der Waals surface area (Å²) in [6.07, 6.45) is 1.85. The molecule has 0 saturated heterocycles. The molecule has 1 aromatic heterocycles. The van der Waals surface area contributed by atoms with Crippen molar-refractivity contribution < 1.29 is 0 Å². The number of nitrogens with zero attached hydrogens (tertiary/aromatic N) is 1. The smallest absolute Gasteiger partial charge is 0.120 e. The van der Waals surface area contributed by atoms with Crippen LogP contribution in [-0.2, 0) is 0 Å². The minimum absolute atomic E-state index is 0.871. The van der Waals surface area contributed by atoms with Crippen LogP contribution >= 0.6 is 31.9 Å². The predicted molar refractivity (Wildman–Crippen MR) is 49.1 cm³/mol. The first-order valence-electron chi connectivity index (χ1n) is 2.90. The van der Waals surface area contributed by atoms with Gasteiger partial charge in [-0.3, -0.25) is 0 Å². The van der Waals surface area contributed by atoms with Crippen LogP contribution in [0.4, 0.5) is 0 Å². The van der Waals surface area contributed by atoms with Gasteiger partial charge in [0.15, 0.2) is 0 Å². The minimum atomic E-state index is 0.871. The van der Waals surface area contributed by atoms with E-state index in [1.165, 1.54) is 11.1 Å². The molecule has 1 aromatic rings. The van der Waals surface area contributed by atoms with Gasteiger partial charge in [0.2, 0.25) is 0 Å². The first-order valence-corrected chi connectivity index (χ1v) is 4.48. The first kappa shape index (κ1) is 8.21. The lowest BCUT2D eigenvalue weighted by atomic mass is 10.2. The fourth-order valence-electron chi connectivity index (χ4n) is 0.635. The highest BCUT2D eigenvalue weighted by molar-refractivity contribution is 9.13. The summed E-state index contributed by atoms with van der Waals surface area (Å²) < 4.78 is 1.92. The molecule has 54 valence electrons. The zero-order chi connectivity index (χ0) is 7.72. The molecule has 0 radical (unpaired) electrons. The van der Waals surface area contributed by atoms with Crippen molar-refractivity contribution in [3.05, 3.63) is 26.4 Å². The minimum Gasteiger partial charge on any atom is -0.248 e. The van der Waals surface area contributed by atoms with Gasteiger partial charge < -0.3 is 0 Å². The summed E-state index contributed by atoms with van der Waals surface area (Å²) in [5.74, 6) is 0. The summed E-state index contributed by atoms with van der Waals surface area (Å²) in [5, 5.41) is 0. The van der Waals surface area contributed by atoms with Crippen LogP contribution in [0.3, 0.4) is 0 Å². The number of rotatable bonds is 0. The maximum absolute atomic E-state index is 4.11. The number of pyridine rings is 1. The summed E-state index contributed by atoms with van der Waals surface area (Å²) in [5.41, 5.74) is 2.44. The SMILES string of the molecule is Cc1cnc(Br)c(Br)c1C. The third-order valence-electron chi connectivity index (χ3n) is 1.47. The molecule has 0 fully saturated rings. The van der Waals surface area contributed by atoms with E-state index in [0.717, 1.165) is 9.08 Å². The quantitative estimate of drug-likeness (QED) is 0.656. The highest BCUT2D eigenvalue weighted by atomic mass is 79.9. The first-order chi connectivity index (χ1) is 4.63. The summed E-state index contributed by atoms with van der Waals surface area (Å²) in [6, 6.07) is 0. The Bertz CT molecular complexity index is 231. The molecule has 0 atom stereocenters. The molecule has 1 rings (SSSR count). The maximum atomic E-state index is 4.11. The second kappa shape index (κ2) is 3.01. The highest BCUT2D eigenvalue weighted by Gasteiger charge is 2.02. The van der Waals surface area contributed by atoms with Crippen molar-refractivity contribution in [2.24, 2.45) is 0 Å². The van der Waals surface area contributed by atoms with Crippen molar-refractivity contribution in [1.82, 2.24) is 4.98 Å². The molecule has 0 aliphatic carbocycles. The summed E-state index contributed by atoms with van der Waals surface area (Å²) in [6.45, 7) is 4.10. The summed E-state index contributed by atoms with van der Waals surface area (Å²) in [7, 11) is 0. The molecule has 0 aromatic carbocycles. The molecule has 0 aliphatic heterocycles. The van der Waals surface area contributed by atoms with E-state index >= 15 is 0 Å². The van der Waals surface area contributed by atoms with Crippen LogP contribution in [0.2, 0.25) is 0 Å². The average Bonchev–Trinajstić information content (AvgIpc) is 1.93. The van der Waals surface area contributed by atoms with Crippen molar-refractivity contribution in [2.45, 2.75) is 13.8 Å². The predicted octanol–water partition coefficient (Wildman–Crippen LogP) is 3.22. The Morgan fingerprint density at radius 2 is 1.90 bits per heavy atom. The second-order valence-electron chi connectivity index (χ2n) is 2.17. The Morgan fingerprint density at radius 1 is 1.30 bits per heavy atom. The van der Waals surface area contributed by atoms with E-state index < -0.39 is 0 Å². The van der Waals surface area contributed by atoms with Gasteiger partial charge in [-0.25, -0.2) is 4.98 Å². The third-order valence-corrected chi connectivity index (χ3v) is 3.58. The van der Waals surface area contributed by atoms with E-state index in [0.29, 0.717) is 0 Å². The van der Waals surface area contributed by atoms with Crippen molar-refractivity contribution in [3.63, 3.8) is 0 Å². The molecular formula is C7H7Br2N. The largest absolute Gasteiger partial charge is 0.248 e. The molecule has 1 heterocycles. The van der Waals surface area contributed by atoms with Crippen molar-refractivity contribution in [2.75, 3.05) is 0 Å². The lowest BCUT2D eigenvalue weighted by Gasteiger charge is -2.02. The zero-order valence-corrected chi connectivity index (χ0v) is 8.95. The summed E-state index contributed by atoms with van der Waals surface area (Å²) in [4.78, 5) is 4.11. The Kier molecular flexibility index (Phi) is 2.47. The van der Waals surface area contributed by atoms with Crippen LogP contribution in [0.25, 0.3) is 0 Å². The summed E-state index contributed by atoms with van der Waals surface area (Å²) >= 11 is 6.74. The lowest BCUT2D eigenvalue weighted by Crippen LogP contribution is -1.86. The molecule has 0 N–H and O–H groups in total. The Balaban J connectivity index is 3.34. The van der Waals surface area contributed by atoms with Gasteiger partial charge in [-0.2, -0.15) is 0 Å². The fraction of sp³-hybridized carbons (Fsp3) is 0.286. The van der Waals surface area contributed by atoms with E-state index in [1.807, 2.05) is 13.1 Å². The molecule has 1 nitrogen and oxygen atoms in total. The molecule has 0 unspecified atom stereocenters. The standard InChI is InChI=1S/C7H7Br2N/c1-4-3-10-7(9)6(8)5(4)2/h3H,1-2H3.